The molecule has 0 spiro atoms. The van der Waals surface area contributed by atoms with Gasteiger partial charge >= 0.3 is 0 Å². The molecule has 3 nitrogen and oxygen atoms in total. The standard InChI is InChI=1S/C10H21NO2/c1-10(2,12-3)9(11)8-5-4-6-13-7-8/h8-9H,4-7,11H2,1-3H3. The van der Waals surface area contributed by atoms with E-state index in [1.165, 1.54) is 0 Å². The highest BCUT2D eigenvalue weighted by Crippen LogP contribution is 2.24. The molecule has 0 aromatic heterocycles. The van der Waals surface area contributed by atoms with Gasteiger partial charge in [-0.2, -0.15) is 0 Å². The maximum Gasteiger partial charge on any atom is 0.0776 e. The third-order valence-corrected chi connectivity index (χ3v) is 3.03. The number of rotatable bonds is 3. The fraction of sp³-hybridized carbons (Fsp3) is 1.00. The average Bonchev–Trinajstić information content (AvgIpc) is 2.18. The van der Waals surface area contributed by atoms with Crippen molar-refractivity contribution in [1.29, 1.82) is 0 Å². The molecule has 0 bridgehead atoms. The molecular formula is C10H21NO2. The van der Waals surface area contributed by atoms with Crippen molar-refractivity contribution in [2.24, 2.45) is 11.7 Å². The van der Waals surface area contributed by atoms with Gasteiger partial charge in [-0.15, -0.1) is 0 Å². The van der Waals surface area contributed by atoms with Crippen LogP contribution < -0.4 is 5.73 Å². The smallest absolute Gasteiger partial charge is 0.0776 e. The maximum atomic E-state index is 6.13. The van der Waals surface area contributed by atoms with E-state index in [4.69, 9.17) is 15.2 Å². The summed E-state index contributed by atoms with van der Waals surface area (Å²) < 4.78 is 10.8. The molecule has 1 saturated heterocycles. The first-order valence-corrected chi connectivity index (χ1v) is 4.96. The third kappa shape index (κ3) is 2.66. The molecule has 3 heteroatoms. The van der Waals surface area contributed by atoms with Gasteiger partial charge in [-0.3, -0.25) is 0 Å². The van der Waals surface area contributed by atoms with E-state index in [1.807, 2.05) is 13.8 Å². The molecule has 0 amide bonds. The van der Waals surface area contributed by atoms with Gasteiger partial charge in [-0.05, 0) is 26.7 Å². The zero-order chi connectivity index (χ0) is 9.90. The number of nitrogens with two attached hydrogens (primary N) is 1. The van der Waals surface area contributed by atoms with Crippen LogP contribution >= 0.6 is 0 Å². The summed E-state index contributed by atoms with van der Waals surface area (Å²) in [7, 11) is 1.71. The van der Waals surface area contributed by atoms with Gasteiger partial charge < -0.3 is 15.2 Å². The van der Waals surface area contributed by atoms with Gasteiger partial charge in [0.25, 0.3) is 0 Å². The molecule has 1 heterocycles. The van der Waals surface area contributed by atoms with Crippen LogP contribution in [0.5, 0.6) is 0 Å². The van der Waals surface area contributed by atoms with Crippen molar-refractivity contribution in [3.05, 3.63) is 0 Å². The fourth-order valence-electron chi connectivity index (χ4n) is 1.75. The van der Waals surface area contributed by atoms with E-state index < -0.39 is 0 Å². The van der Waals surface area contributed by atoms with Crippen LogP contribution in [-0.4, -0.2) is 32.0 Å². The van der Waals surface area contributed by atoms with Crippen molar-refractivity contribution >= 4 is 0 Å². The largest absolute Gasteiger partial charge is 0.381 e. The molecular weight excluding hydrogens is 166 g/mol. The first kappa shape index (κ1) is 11.0. The summed E-state index contributed by atoms with van der Waals surface area (Å²) in [5, 5.41) is 0. The Hall–Kier alpha value is -0.120. The van der Waals surface area contributed by atoms with Crippen molar-refractivity contribution in [2.75, 3.05) is 20.3 Å². The predicted octanol–water partition coefficient (Wildman–Crippen LogP) is 1.17. The molecule has 0 aliphatic carbocycles. The Morgan fingerprint density at radius 1 is 1.54 bits per heavy atom. The predicted molar refractivity (Wildman–Crippen MR) is 52.6 cm³/mol. The second kappa shape index (κ2) is 4.40. The minimum Gasteiger partial charge on any atom is -0.381 e. The normalized spacial score (nSPS) is 27.2. The van der Waals surface area contributed by atoms with Gasteiger partial charge in [0.15, 0.2) is 0 Å². The molecule has 1 aliphatic rings. The zero-order valence-electron chi connectivity index (χ0n) is 8.88. The molecule has 78 valence electrons. The number of ether oxygens (including phenoxy) is 2. The van der Waals surface area contributed by atoms with E-state index in [0.717, 1.165) is 26.1 Å². The van der Waals surface area contributed by atoms with Crippen molar-refractivity contribution in [3.63, 3.8) is 0 Å². The quantitative estimate of drug-likeness (QED) is 0.721. The maximum absolute atomic E-state index is 6.13. The summed E-state index contributed by atoms with van der Waals surface area (Å²) >= 11 is 0. The Morgan fingerprint density at radius 2 is 2.23 bits per heavy atom. The summed E-state index contributed by atoms with van der Waals surface area (Å²) in [5.41, 5.74) is 5.89. The van der Waals surface area contributed by atoms with Crippen LogP contribution in [0, 0.1) is 5.92 Å². The molecule has 0 saturated carbocycles. The van der Waals surface area contributed by atoms with Crippen LogP contribution in [0.3, 0.4) is 0 Å². The minimum absolute atomic E-state index is 0.0674. The molecule has 0 aromatic rings. The highest BCUT2D eigenvalue weighted by molar-refractivity contribution is 4.88. The fourth-order valence-corrected chi connectivity index (χ4v) is 1.75. The van der Waals surface area contributed by atoms with Gasteiger partial charge in [0.2, 0.25) is 0 Å². The van der Waals surface area contributed by atoms with E-state index in [0.29, 0.717) is 5.92 Å². The molecule has 1 aliphatic heterocycles. The lowest BCUT2D eigenvalue weighted by Crippen LogP contribution is -2.51. The number of hydrogen-bond donors (Lipinski definition) is 1. The van der Waals surface area contributed by atoms with Crippen LogP contribution in [0.25, 0.3) is 0 Å². The van der Waals surface area contributed by atoms with Gasteiger partial charge in [0.1, 0.15) is 0 Å². The van der Waals surface area contributed by atoms with Crippen molar-refractivity contribution in [2.45, 2.75) is 38.3 Å². The van der Waals surface area contributed by atoms with E-state index in [1.54, 1.807) is 7.11 Å². The van der Waals surface area contributed by atoms with Crippen LogP contribution in [0.15, 0.2) is 0 Å². The van der Waals surface area contributed by atoms with E-state index in [9.17, 15) is 0 Å². The highest BCUT2D eigenvalue weighted by Gasteiger charge is 2.33. The Morgan fingerprint density at radius 3 is 2.69 bits per heavy atom. The average molecular weight is 187 g/mol. The molecule has 1 fully saturated rings. The second-order valence-corrected chi connectivity index (χ2v) is 4.31. The molecule has 0 radical (unpaired) electrons. The van der Waals surface area contributed by atoms with Crippen LogP contribution in [0.2, 0.25) is 0 Å². The molecule has 2 atom stereocenters. The van der Waals surface area contributed by atoms with E-state index >= 15 is 0 Å². The third-order valence-electron chi connectivity index (χ3n) is 3.03. The van der Waals surface area contributed by atoms with Crippen molar-refractivity contribution in [3.8, 4) is 0 Å². The van der Waals surface area contributed by atoms with Crippen LogP contribution in [-0.2, 0) is 9.47 Å². The van der Waals surface area contributed by atoms with Crippen molar-refractivity contribution in [1.82, 2.24) is 0 Å². The van der Waals surface area contributed by atoms with Crippen LogP contribution in [0.4, 0.5) is 0 Å². The topological polar surface area (TPSA) is 44.5 Å². The lowest BCUT2D eigenvalue weighted by Gasteiger charge is -2.37. The van der Waals surface area contributed by atoms with Gasteiger partial charge in [0, 0.05) is 25.7 Å². The molecule has 13 heavy (non-hydrogen) atoms. The first-order valence-electron chi connectivity index (χ1n) is 4.96. The summed E-state index contributed by atoms with van der Waals surface area (Å²) in [5.74, 6) is 0.448. The van der Waals surface area contributed by atoms with Crippen molar-refractivity contribution < 1.29 is 9.47 Å². The Kier molecular flexibility index (Phi) is 3.71. The zero-order valence-corrected chi connectivity index (χ0v) is 8.88. The number of hydrogen-bond acceptors (Lipinski definition) is 3. The Bertz CT molecular complexity index is 153. The minimum atomic E-state index is -0.245. The highest BCUT2D eigenvalue weighted by atomic mass is 16.5. The summed E-state index contributed by atoms with van der Waals surface area (Å²) in [6.07, 6.45) is 2.28. The molecule has 1 rings (SSSR count). The van der Waals surface area contributed by atoms with Crippen LogP contribution in [0.1, 0.15) is 26.7 Å². The van der Waals surface area contributed by atoms with E-state index in [2.05, 4.69) is 0 Å². The monoisotopic (exact) mass is 187 g/mol. The summed E-state index contributed by atoms with van der Waals surface area (Å²) in [6.45, 7) is 5.74. The lowest BCUT2D eigenvalue weighted by molar-refractivity contribution is -0.0447. The van der Waals surface area contributed by atoms with Gasteiger partial charge in [-0.1, -0.05) is 0 Å². The lowest BCUT2D eigenvalue weighted by atomic mass is 9.84. The van der Waals surface area contributed by atoms with Gasteiger partial charge in [0.05, 0.1) is 12.2 Å². The number of methoxy groups -OCH3 is 1. The second-order valence-electron chi connectivity index (χ2n) is 4.31. The first-order chi connectivity index (χ1) is 6.08. The SMILES string of the molecule is COC(C)(C)C(N)C1CCCOC1. The Balaban J connectivity index is 2.49. The Labute approximate surface area is 80.6 Å². The molecule has 2 unspecified atom stereocenters. The summed E-state index contributed by atoms with van der Waals surface area (Å²) in [6, 6.07) is 0.0674. The van der Waals surface area contributed by atoms with Gasteiger partial charge in [-0.25, -0.2) is 0 Å². The van der Waals surface area contributed by atoms with E-state index in [-0.39, 0.29) is 11.6 Å². The molecule has 0 aromatic carbocycles. The summed E-state index contributed by atoms with van der Waals surface area (Å²) in [4.78, 5) is 0. The molecule has 2 N–H and O–H groups in total.